The molecular weight excluding hydrogens is 168 g/mol. The van der Waals surface area contributed by atoms with E-state index in [-0.39, 0.29) is 0 Å². The SMILES string of the molecule is O=C(O)N1CCc2ccccc2N1. The summed E-state index contributed by atoms with van der Waals surface area (Å²) >= 11 is 0. The van der Waals surface area contributed by atoms with Gasteiger partial charge in [-0.25, -0.2) is 9.80 Å². The minimum Gasteiger partial charge on any atom is -0.464 e. The van der Waals surface area contributed by atoms with Crippen LogP contribution in [0.5, 0.6) is 0 Å². The number of carboxylic acid groups (broad SMARTS) is 1. The summed E-state index contributed by atoms with van der Waals surface area (Å²) < 4.78 is 0. The predicted octanol–water partition coefficient (Wildman–Crippen LogP) is 1.55. The predicted molar refractivity (Wildman–Crippen MR) is 48.5 cm³/mol. The van der Waals surface area contributed by atoms with Gasteiger partial charge in [0.1, 0.15) is 0 Å². The van der Waals surface area contributed by atoms with Crippen molar-refractivity contribution < 1.29 is 9.90 Å². The normalized spacial score (nSPS) is 14.6. The first-order valence-electron chi connectivity index (χ1n) is 4.12. The molecule has 1 aromatic rings. The second kappa shape index (κ2) is 2.97. The van der Waals surface area contributed by atoms with Gasteiger partial charge in [-0.2, -0.15) is 0 Å². The monoisotopic (exact) mass is 178 g/mol. The van der Waals surface area contributed by atoms with Crippen LogP contribution in [0.3, 0.4) is 0 Å². The first-order valence-corrected chi connectivity index (χ1v) is 4.12. The van der Waals surface area contributed by atoms with E-state index in [1.807, 2.05) is 24.3 Å². The number of hydrazine groups is 1. The van der Waals surface area contributed by atoms with Crippen LogP contribution < -0.4 is 5.43 Å². The lowest BCUT2D eigenvalue weighted by Gasteiger charge is -2.27. The van der Waals surface area contributed by atoms with Gasteiger partial charge in [-0.1, -0.05) is 18.2 Å². The van der Waals surface area contributed by atoms with Crippen molar-refractivity contribution in [2.45, 2.75) is 6.42 Å². The minimum atomic E-state index is -0.936. The van der Waals surface area contributed by atoms with E-state index in [2.05, 4.69) is 5.43 Å². The highest BCUT2D eigenvalue weighted by molar-refractivity contribution is 5.69. The van der Waals surface area contributed by atoms with Crippen LogP contribution in [0.25, 0.3) is 0 Å². The van der Waals surface area contributed by atoms with Gasteiger partial charge in [-0.3, -0.25) is 5.43 Å². The average molecular weight is 178 g/mol. The average Bonchev–Trinajstić information content (AvgIpc) is 2.17. The van der Waals surface area contributed by atoms with Crippen LogP contribution in [0.2, 0.25) is 0 Å². The maximum atomic E-state index is 10.6. The third-order valence-electron chi connectivity index (χ3n) is 2.11. The van der Waals surface area contributed by atoms with Gasteiger partial charge < -0.3 is 5.11 Å². The van der Waals surface area contributed by atoms with Gasteiger partial charge in [0, 0.05) is 6.54 Å². The Hall–Kier alpha value is -1.71. The molecule has 0 aliphatic carbocycles. The van der Waals surface area contributed by atoms with E-state index < -0.39 is 6.09 Å². The molecule has 4 heteroatoms. The van der Waals surface area contributed by atoms with Crippen LogP contribution in [-0.4, -0.2) is 22.8 Å². The van der Waals surface area contributed by atoms with Crippen molar-refractivity contribution in [2.75, 3.05) is 12.0 Å². The molecule has 1 aliphatic rings. The molecule has 0 fully saturated rings. The standard InChI is InChI=1S/C9H10N2O2/c12-9(13)11-6-5-7-3-1-2-4-8(7)10-11/h1-4,10H,5-6H2,(H,12,13). The van der Waals surface area contributed by atoms with Crippen molar-refractivity contribution in [3.63, 3.8) is 0 Å². The number of hydrogen-bond acceptors (Lipinski definition) is 2. The molecule has 0 saturated heterocycles. The summed E-state index contributed by atoms with van der Waals surface area (Å²) in [5.74, 6) is 0. The summed E-state index contributed by atoms with van der Waals surface area (Å²) in [7, 11) is 0. The van der Waals surface area contributed by atoms with Gasteiger partial charge in [0.25, 0.3) is 0 Å². The highest BCUT2D eigenvalue weighted by Crippen LogP contribution is 2.20. The topological polar surface area (TPSA) is 52.6 Å². The van der Waals surface area contributed by atoms with Gasteiger partial charge in [-0.15, -0.1) is 0 Å². The molecule has 0 bridgehead atoms. The number of rotatable bonds is 0. The van der Waals surface area contributed by atoms with E-state index in [9.17, 15) is 4.79 Å². The largest absolute Gasteiger partial charge is 0.464 e. The van der Waals surface area contributed by atoms with E-state index in [4.69, 9.17) is 5.11 Å². The number of benzene rings is 1. The molecule has 1 heterocycles. The highest BCUT2D eigenvalue weighted by Gasteiger charge is 2.18. The fraction of sp³-hybridized carbons (Fsp3) is 0.222. The molecule has 2 rings (SSSR count). The Kier molecular flexibility index (Phi) is 1.81. The number of fused-ring (bicyclic) bond motifs is 1. The molecule has 0 spiro atoms. The number of amides is 1. The molecule has 4 nitrogen and oxygen atoms in total. The molecule has 1 aromatic carbocycles. The van der Waals surface area contributed by atoms with Crippen LogP contribution in [0.15, 0.2) is 24.3 Å². The smallest absolute Gasteiger partial charge is 0.426 e. The summed E-state index contributed by atoms with van der Waals surface area (Å²) in [4.78, 5) is 10.6. The first kappa shape index (κ1) is 7.91. The zero-order valence-electron chi connectivity index (χ0n) is 7.03. The summed E-state index contributed by atoms with van der Waals surface area (Å²) in [5, 5.41) is 9.92. The molecule has 0 aromatic heterocycles. The number of nitrogens with one attached hydrogen (secondary N) is 1. The molecule has 68 valence electrons. The van der Waals surface area contributed by atoms with Gasteiger partial charge >= 0.3 is 6.09 Å². The maximum Gasteiger partial charge on any atom is 0.426 e. The number of carbonyl (C=O) groups is 1. The van der Waals surface area contributed by atoms with E-state index in [1.165, 1.54) is 10.6 Å². The molecule has 0 saturated carbocycles. The Morgan fingerprint density at radius 3 is 3.00 bits per heavy atom. The third kappa shape index (κ3) is 1.42. The fourth-order valence-electron chi connectivity index (χ4n) is 1.42. The number of hydrogen-bond donors (Lipinski definition) is 2. The van der Waals surface area contributed by atoms with Gasteiger partial charge in [0.2, 0.25) is 0 Å². The Morgan fingerprint density at radius 2 is 2.23 bits per heavy atom. The first-order chi connectivity index (χ1) is 6.27. The number of nitrogens with zero attached hydrogens (tertiary/aromatic N) is 1. The van der Waals surface area contributed by atoms with E-state index in [0.29, 0.717) is 6.54 Å². The van der Waals surface area contributed by atoms with Crippen molar-refractivity contribution in [1.82, 2.24) is 5.01 Å². The molecule has 1 amide bonds. The molecule has 13 heavy (non-hydrogen) atoms. The lowest BCUT2D eigenvalue weighted by molar-refractivity contribution is 0.154. The fourth-order valence-corrected chi connectivity index (χ4v) is 1.42. The summed E-state index contributed by atoms with van der Waals surface area (Å²) in [5.41, 5.74) is 4.88. The van der Waals surface area contributed by atoms with Crippen LogP contribution in [0.1, 0.15) is 5.56 Å². The summed E-state index contributed by atoms with van der Waals surface area (Å²) in [6.45, 7) is 0.506. The third-order valence-corrected chi connectivity index (χ3v) is 2.11. The van der Waals surface area contributed by atoms with Crippen LogP contribution in [0.4, 0.5) is 10.5 Å². The number of anilines is 1. The van der Waals surface area contributed by atoms with E-state index in [0.717, 1.165) is 12.1 Å². The molecule has 0 unspecified atom stereocenters. The second-order valence-electron chi connectivity index (χ2n) is 2.95. The number of para-hydroxylation sites is 1. The van der Waals surface area contributed by atoms with Crippen LogP contribution in [0, 0.1) is 0 Å². The summed E-state index contributed by atoms with van der Waals surface area (Å²) in [6.07, 6.45) is -0.162. The molecule has 0 radical (unpaired) electrons. The summed E-state index contributed by atoms with van der Waals surface area (Å²) in [6, 6.07) is 7.72. The Morgan fingerprint density at radius 1 is 1.46 bits per heavy atom. The Balaban J connectivity index is 2.24. The van der Waals surface area contributed by atoms with Gasteiger partial charge in [0.05, 0.1) is 5.69 Å². The lowest BCUT2D eigenvalue weighted by Crippen LogP contribution is -2.39. The van der Waals surface area contributed by atoms with Crippen molar-refractivity contribution in [3.8, 4) is 0 Å². The zero-order chi connectivity index (χ0) is 9.26. The van der Waals surface area contributed by atoms with Crippen molar-refractivity contribution in [2.24, 2.45) is 0 Å². The van der Waals surface area contributed by atoms with E-state index in [1.54, 1.807) is 0 Å². The highest BCUT2D eigenvalue weighted by atomic mass is 16.4. The Labute approximate surface area is 75.8 Å². The van der Waals surface area contributed by atoms with Gasteiger partial charge in [-0.05, 0) is 18.1 Å². The molecule has 1 aliphatic heterocycles. The molecular formula is C9H10N2O2. The van der Waals surface area contributed by atoms with E-state index >= 15 is 0 Å². The minimum absolute atomic E-state index is 0.506. The van der Waals surface area contributed by atoms with Crippen molar-refractivity contribution >= 4 is 11.8 Å². The lowest BCUT2D eigenvalue weighted by atomic mass is 10.1. The Bertz CT molecular complexity index is 338. The van der Waals surface area contributed by atoms with Crippen molar-refractivity contribution in [1.29, 1.82) is 0 Å². The van der Waals surface area contributed by atoms with Gasteiger partial charge in [0.15, 0.2) is 0 Å². The van der Waals surface area contributed by atoms with Crippen molar-refractivity contribution in [3.05, 3.63) is 29.8 Å². The quantitative estimate of drug-likeness (QED) is 0.633. The second-order valence-corrected chi connectivity index (χ2v) is 2.95. The maximum absolute atomic E-state index is 10.6. The zero-order valence-corrected chi connectivity index (χ0v) is 7.03. The van der Waals surface area contributed by atoms with Crippen LogP contribution >= 0.6 is 0 Å². The van der Waals surface area contributed by atoms with Crippen LogP contribution in [-0.2, 0) is 6.42 Å². The molecule has 2 N–H and O–H groups in total. The molecule has 0 atom stereocenters.